The molecule has 1 amide bonds. The second-order valence-electron chi connectivity index (χ2n) is 7.34. The fraction of sp³-hybridized carbons (Fsp3) is 0.300. The maximum Gasteiger partial charge on any atom is 0.326 e. The Balaban J connectivity index is 0.00000432. The number of aromatic amines is 1. The van der Waals surface area contributed by atoms with E-state index >= 15 is 0 Å². The van der Waals surface area contributed by atoms with Gasteiger partial charge in [0.15, 0.2) is 5.82 Å². The van der Waals surface area contributed by atoms with Crippen molar-refractivity contribution >= 4 is 85.2 Å². The Morgan fingerprint density at radius 3 is 2.66 bits per heavy atom. The van der Waals surface area contributed by atoms with E-state index in [1.165, 1.54) is 12.1 Å². The average Bonchev–Trinajstić information content (AvgIpc) is 2.80. The SMILES string of the molecule is Nc1nc2c(c(=O)[nH]1)NC(CNc1ccc(C(=O)N[C@@H](CCC(=O)OC=O)C(=O)O)cc1)CN2.[Ca]. The van der Waals surface area contributed by atoms with Gasteiger partial charge in [0, 0.05) is 68.5 Å². The first-order valence-electron chi connectivity index (χ1n) is 10.2. The van der Waals surface area contributed by atoms with E-state index in [-0.39, 0.29) is 80.2 Å². The first kappa shape index (κ1) is 27.9. The third kappa shape index (κ3) is 7.83. The Morgan fingerprint density at radius 1 is 1.29 bits per heavy atom. The molecule has 14 nitrogen and oxygen atoms in total. The van der Waals surface area contributed by atoms with Crippen LogP contribution in [0.3, 0.4) is 0 Å². The number of hydrogen-bond donors (Lipinski definition) is 7. The Hall–Kier alpha value is -3.36. The van der Waals surface area contributed by atoms with Gasteiger partial charge >= 0.3 is 18.4 Å². The van der Waals surface area contributed by atoms with Gasteiger partial charge in [-0.15, -0.1) is 0 Å². The molecule has 2 atom stereocenters. The van der Waals surface area contributed by atoms with Crippen LogP contribution in [0.2, 0.25) is 0 Å². The van der Waals surface area contributed by atoms with Crippen LogP contribution in [0.5, 0.6) is 0 Å². The predicted octanol–water partition coefficient (Wildman–Crippen LogP) is -1.05. The van der Waals surface area contributed by atoms with Crippen LogP contribution in [-0.2, 0) is 19.1 Å². The van der Waals surface area contributed by atoms with Crippen molar-refractivity contribution in [2.24, 2.45) is 0 Å². The molecule has 1 unspecified atom stereocenters. The average molecular weight is 514 g/mol. The molecule has 1 aliphatic heterocycles. The number of fused-ring (bicyclic) bond motifs is 1. The first-order valence-corrected chi connectivity index (χ1v) is 10.2. The molecule has 2 radical (unpaired) electrons. The number of rotatable bonds is 10. The van der Waals surface area contributed by atoms with Gasteiger partial charge in [0.2, 0.25) is 5.95 Å². The van der Waals surface area contributed by atoms with Crippen LogP contribution in [0, 0.1) is 0 Å². The molecule has 0 aliphatic carbocycles. The number of carboxylic acid groups (broad SMARTS) is 1. The number of hydrogen-bond acceptors (Lipinski definition) is 11. The van der Waals surface area contributed by atoms with E-state index in [9.17, 15) is 29.1 Å². The third-order valence-electron chi connectivity index (χ3n) is 4.92. The summed E-state index contributed by atoms with van der Waals surface area (Å²) < 4.78 is 4.10. The number of anilines is 4. The second kappa shape index (κ2) is 12.9. The number of amides is 1. The monoisotopic (exact) mass is 513 g/mol. The fourth-order valence-corrected chi connectivity index (χ4v) is 3.20. The summed E-state index contributed by atoms with van der Waals surface area (Å²) in [4.78, 5) is 63.6. The minimum atomic E-state index is -1.33. The predicted molar refractivity (Wildman–Crippen MR) is 126 cm³/mol. The summed E-state index contributed by atoms with van der Waals surface area (Å²) in [5.41, 5.74) is 6.36. The smallest absolute Gasteiger partial charge is 0.326 e. The molecule has 0 spiro atoms. The Morgan fingerprint density at radius 2 is 2.00 bits per heavy atom. The second-order valence-corrected chi connectivity index (χ2v) is 7.34. The van der Waals surface area contributed by atoms with Crippen molar-refractivity contribution in [3.63, 3.8) is 0 Å². The maximum absolute atomic E-state index is 12.4. The Labute approximate surface area is 228 Å². The van der Waals surface area contributed by atoms with E-state index < -0.39 is 23.9 Å². The number of carboxylic acids is 1. The van der Waals surface area contributed by atoms with Gasteiger partial charge in [-0.3, -0.25) is 24.2 Å². The summed E-state index contributed by atoms with van der Waals surface area (Å²) in [5.74, 6) is -2.44. The molecule has 0 saturated carbocycles. The quantitative estimate of drug-likeness (QED) is 0.0876. The third-order valence-corrected chi connectivity index (χ3v) is 4.92. The minimum absolute atomic E-state index is 0. The number of esters is 1. The normalized spacial score (nSPS) is 14.6. The zero-order chi connectivity index (χ0) is 24.7. The van der Waals surface area contributed by atoms with E-state index in [1.807, 2.05) is 0 Å². The molecule has 0 fully saturated rings. The zero-order valence-electron chi connectivity index (χ0n) is 18.5. The molecular formula is C20H23CaN7O7. The zero-order valence-corrected chi connectivity index (χ0v) is 20.7. The maximum atomic E-state index is 12.4. The van der Waals surface area contributed by atoms with Gasteiger partial charge in [-0.1, -0.05) is 0 Å². The summed E-state index contributed by atoms with van der Waals surface area (Å²) in [6.07, 6.45) is -0.577. The number of nitrogens with zero attached hydrogens (tertiary/aromatic N) is 1. The van der Waals surface area contributed by atoms with Gasteiger partial charge in [0.25, 0.3) is 11.5 Å². The van der Waals surface area contributed by atoms with Gasteiger partial charge in [-0.2, -0.15) is 4.98 Å². The summed E-state index contributed by atoms with van der Waals surface area (Å²) in [6.45, 7) is 0.895. The standard InChI is InChI=1S/C20H23N7O7.Ca/c21-20-26-16-15(18(31)27-20)24-12(8-23-16)7-22-11-3-1-10(2-4-11)17(30)25-13(19(32)33)5-6-14(29)34-9-28;/h1-4,9,12-13,22,24H,5-8H2,(H,25,30)(H,32,33)(H4,21,23,26,27,31);/t12?,13-;/m0./s1. The molecule has 15 heteroatoms. The number of nitrogens with two attached hydrogens (primary N) is 1. The van der Waals surface area contributed by atoms with Gasteiger partial charge in [-0.05, 0) is 30.7 Å². The van der Waals surface area contributed by atoms with Crippen LogP contribution in [0.25, 0.3) is 0 Å². The number of aliphatic carboxylic acids is 1. The van der Waals surface area contributed by atoms with E-state index in [4.69, 9.17) is 5.73 Å². The fourth-order valence-electron chi connectivity index (χ4n) is 3.20. The summed E-state index contributed by atoms with van der Waals surface area (Å²) >= 11 is 0. The van der Waals surface area contributed by atoms with Crippen molar-refractivity contribution < 1.29 is 29.0 Å². The summed E-state index contributed by atoms with van der Waals surface area (Å²) in [7, 11) is 0. The van der Waals surface area contributed by atoms with E-state index in [0.717, 1.165) is 0 Å². The Kier molecular flexibility index (Phi) is 10.3. The first-order chi connectivity index (χ1) is 16.3. The van der Waals surface area contributed by atoms with Gasteiger partial charge in [0.1, 0.15) is 11.7 Å². The number of benzene rings is 1. The molecule has 182 valence electrons. The molecule has 8 N–H and O–H groups in total. The van der Waals surface area contributed by atoms with Crippen LogP contribution in [0.4, 0.5) is 23.1 Å². The van der Waals surface area contributed by atoms with Crippen molar-refractivity contribution in [1.82, 2.24) is 15.3 Å². The molecule has 3 rings (SSSR count). The molecule has 1 aliphatic rings. The largest absolute Gasteiger partial charge is 0.480 e. The summed E-state index contributed by atoms with van der Waals surface area (Å²) in [6, 6.07) is 4.85. The molecule has 1 aromatic heterocycles. The van der Waals surface area contributed by atoms with E-state index in [0.29, 0.717) is 30.3 Å². The molecule has 2 aromatic rings. The minimum Gasteiger partial charge on any atom is -0.480 e. The van der Waals surface area contributed by atoms with Crippen LogP contribution in [0.1, 0.15) is 23.2 Å². The van der Waals surface area contributed by atoms with Crippen LogP contribution in [0.15, 0.2) is 29.1 Å². The number of carbonyl (C=O) groups excluding carboxylic acids is 3. The van der Waals surface area contributed by atoms with E-state index in [1.54, 1.807) is 12.1 Å². The topological polar surface area (TPSA) is 218 Å². The number of H-pyrrole nitrogens is 1. The number of carbonyl (C=O) groups is 4. The molecule has 0 bridgehead atoms. The van der Waals surface area contributed by atoms with Gasteiger partial charge < -0.3 is 36.8 Å². The van der Waals surface area contributed by atoms with Crippen LogP contribution >= 0.6 is 0 Å². The summed E-state index contributed by atoms with van der Waals surface area (Å²) in [5, 5.41) is 20.9. The molecule has 35 heavy (non-hydrogen) atoms. The molecule has 0 saturated heterocycles. The molecule has 1 aromatic carbocycles. The van der Waals surface area contributed by atoms with Crippen molar-refractivity contribution in [2.45, 2.75) is 24.9 Å². The Bertz CT molecular complexity index is 1140. The van der Waals surface area contributed by atoms with Crippen molar-refractivity contribution in [3.8, 4) is 0 Å². The van der Waals surface area contributed by atoms with Gasteiger partial charge in [-0.25, -0.2) is 4.79 Å². The van der Waals surface area contributed by atoms with Gasteiger partial charge in [0.05, 0.1) is 6.04 Å². The van der Waals surface area contributed by atoms with Crippen LogP contribution < -0.4 is 32.6 Å². The number of nitrogen functional groups attached to an aromatic ring is 1. The molecule has 2 heterocycles. The van der Waals surface area contributed by atoms with Crippen LogP contribution in [-0.4, -0.2) is 102 Å². The van der Waals surface area contributed by atoms with E-state index in [2.05, 4.69) is 36.0 Å². The van der Waals surface area contributed by atoms with Crippen molar-refractivity contribution in [1.29, 1.82) is 0 Å². The number of aromatic nitrogens is 2. The van der Waals surface area contributed by atoms with Crippen molar-refractivity contribution in [2.75, 3.05) is 34.8 Å². The van der Waals surface area contributed by atoms with Crippen molar-refractivity contribution in [3.05, 3.63) is 40.2 Å². The molecular weight excluding hydrogens is 490 g/mol. The number of ether oxygens (including phenoxy) is 1. The number of nitrogens with one attached hydrogen (secondary N) is 5.